The van der Waals surface area contributed by atoms with Crippen LogP contribution in [-0.2, 0) is 13.9 Å². The van der Waals surface area contributed by atoms with E-state index in [-0.39, 0.29) is 11.8 Å². The number of hydrogen-bond acceptors (Lipinski definition) is 3. The molecule has 0 aromatic heterocycles. The summed E-state index contributed by atoms with van der Waals surface area (Å²) in [5.74, 6) is 0.0417. The Balaban J connectivity index is 2.66. The van der Waals surface area contributed by atoms with Crippen LogP contribution in [0.15, 0.2) is 0 Å². The zero-order chi connectivity index (χ0) is 14.6. The third kappa shape index (κ3) is 3.75. The van der Waals surface area contributed by atoms with Gasteiger partial charge in [-0.3, -0.25) is 13.9 Å². The number of carbonyl (C=O) groups is 1. The molecule has 6 nitrogen and oxygen atoms in total. The van der Waals surface area contributed by atoms with Crippen molar-refractivity contribution in [1.29, 1.82) is 0 Å². The maximum absolute atomic E-state index is 12.6. The van der Waals surface area contributed by atoms with Crippen LogP contribution in [0.2, 0.25) is 0 Å². The average molecular weight is 295 g/mol. The Morgan fingerprint density at radius 2 is 1.84 bits per heavy atom. The smallest absolute Gasteiger partial charge is 0.340 e. The SMILES string of the molecule is CC(C)C(=O)N1CCN(P(=O)(OCF)N(C)C)CC1. The van der Waals surface area contributed by atoms with Gasteiger partial charge in [0.1, 0.15) is 0 Å². The molecule has 1 saturated heterocycles. The molecule has 1 aliphatic heterocycles. The predicted octanol–water partition coefficient (Wildman–Crippen LogP) is 1.40. The minimum atomic E-state index is -3.29. The molecule has 0 aromatic carbocycles. The van der Waals surface area contributed by atoms with Gasteiger partial charge in [-0.2, -0.15) is 0 Å². The summed E-state index contributed by atoms with van der Waals surface area (Å²) >= 11 is 0. The lowest BCUT2D eigenvalue weighted by molar-refractivity contribution is -0.135. The Hall–Kier alpha value is -0.490. The fourth-order valence-corrected chi connectivity index (χ4v) is 3.76. The van der Waals surface area contributed by atoms with Crippen molar-refractivity contribution in [2.24, 2.45) is 5.92 Å². The number of carbonyl (C=O) groups excluding carboxylic acids is 1. The fourth-order valence-electron chi connectivity index (χ4n) is 2.05. The highest BCUT2D eigenvalue weighted by Crippen LogP contribution is 2.52. The van der Waals surface area contributed by atoms with Crippen molar-refractivity contribution in [2.45, 2.75) is 13.8 Å². The highest BCUT2D eigenvalue weighted by atomic mass is 31.2. The molecule has 8 heteroatoms. The van der Waals surface area contributed by atoms with E-state index in [0.29, 0.717) is 26.2 Å². The second-order valence-electron chi connectivity index (χ2n) is 5.01. The lowest BCUT2D eigenvalue weighted by Gasteiger charge is -2.40. The van der Waals surface area contributed by atoms with Gasteiger partial charge in [-0.15, -0.1) is 0 Å². The summed E-state index contributed by atoms with van der Waals surface area (Å²) in [5, 5.41) is 0. The molecule has 0 radical (unpaired) electrons. The second-order valence-corrected chi connectivity index (χ2v) is 7.61. The lowest BCUT2D eigenvalue weighted by Crippen LogP contribution is -2.49. The Bertz CT molecular complexity index is 357. The van der Waals surface area contributed by atoms with Gasteiger partial charge in [-0.25, -0.2) is 13.7 Å². The number of piperazine rings is 1. The monoisotopic (exact) mass is 295 g/mol. The molecule has 1 fully saturated rings. The third-order valence-corrected chi connectivity index (χ3v) is 5.70. The Morgan fingerprint density at radius 3 is 2.21 bits per heavy atom. The molecule has 1 amide bonds. The molecule has 1 heterocycles. The summed E-state index contributed by atoms with van der Waals surface area (Å²) in [4.78, 5) is 13.6. The summed E-state index contributed by atoms with van der Waals surface area (Å²) in [6.07, 6.45) is 0. The van der Waals surface area contributed by atoms with Crippen LogP contribution in [-0.4, -0.2) is 67.3 Å². The third-order valence-electron chi connectivity index (χ3n) is 3.14. The maximum atomic E-state index is 12.6. The molecule has 0 N–H and O–H groups in total. The van der Waals surface area contributed by atoms with Crippen LogP contribution in [0.5, 0.6) is 0 Å². The molecule has 19 heavy (non-hydrogen) atoms. The molecule has 1 rings (SSSR count). The molecule has 1 aliphatic rings. The molecule has 0 aromatic rings. The Kier molecular flexibility index (Phi) is 5.92. The summed E-state index contributed by atoms with van der Waals surface area (Å²) < 4.78 is 32.8. The minimum Gasteiger partial charge on any atom is -0.340 e. The molecule has 0 spiro atoms. The number of amides is 1. The highest BCUT2D eigenvalue weighted by molar-refractivity contribution is 7.53. The van der Waals surface area contributed by atoms with Gasteiger partial charge in [0.15, 0.2) is 6.86 Å². The van der Waals surface area contributed by atoms with Crippen molar-refractivity contribution >= 4 is 13.6 Å². The lowest BCUT2D eigenvalue weighted by atomic mass is 10.2. The minimum absolute atomic E-state index is 0.0469. The van der Waals surface area contributed by atoms with E-state index in [0.717, 1.165) is 0 Å². The average Bonchev–Trinajstić information content (AvgIpc) is 2.37. The van der Waals surface area contributed by atoms with E-state index in [4.69, 9.17) is 4.52 Å². The number of hydrogen-bond donors (Lipinski definition) is 0. The van der Waals surface area contributed by atoms with Crippen LogP contribution in [0.4, 0.5) is 4.39 Å². The Morgan fingerprint density at radius 1 is 1.32 bits per heavy atom. The summed E-state index contributed by atoms with van der Waals surface area (Å²) in [6.45, 7) is 4.45. The number of nitrogens with zero attached hydrogens (tertiary/aromatic N) is 3. The van der Waals surface area contributed by atoms with Gasteiger partial charge < -0.3 is 4.90 Å². The number of alkyl halides is 1. The van der Waals surface area contributed by atoms with E-state index in [1.54, 1.807) is 23.7 Å². The van der Waals surface area contributed by atoms with Crippen molar-refractivity contribution in [3.8, 4) is 0 Å². The number of halogens is 1. The zero-order valence-corrected chi connectivity index (χ0v) is 12.9. The van der Waals surface area contributed by atoms with Gasteiger partial charge >= 0.3 is 7.67 Å². The first-order valence-electron chi connectivity index (χ1n) is 6.35. The van der Waals surface area contributed by atoms with Crippen molar-refractivity contribution < 1.29 is 18.3 Å². The quantitative estimate of drug-likeness (QED) is 0.718. The van der Waals surface area contributed by atoms with Gasteiger partial charge in [-0.05, 0) is 14.1 Å². The number of rotatable bonds is 5. The fraction of sp³-hybridized carbons (Fsp3) is 0.909. The first kappa shape index (κ1) is 16.6. The highest BCUT2D eigenvalue weighted by Gasteiger charge is 2.37. The van der Waals surface area contributed by atoms with E-state index < -0.39 is 14.5 Å². The van der Waals surface area contributed by atoms with Gasteiger partial charge in [-0.1, -0.05) is 13.8 Å². The standard InChI is InChI=1S/C11H23FN3O3P/c1-10(2)11(16)14-5-7-15(8-6-14)19(17,13(3)4)18-9-12/h10H,5-9H2,1-4H3. The Labute approximate surface area is 114 Å². The van der Waals surface area contributed by atoms with E-state index in [2.05, 4.69) is 0 Å². The van der Waals surface area contributed by atoms with Gasteiger partial charge in [0.05, 0.1) is 0 Å². The zero-order valence-electron chi connectivity index (χ0n) is 12.0. The molecule has 1 unspecified atom stereocenters. The van der Waals surface area contributed by atoms with Crippen molar-refractivity contribution in [1.82, 2.24) is 14.2 Å². The van der Waals surface area contributed by atoms with Crippen LogP contribution in [0, 0.1) is 5.92 Å². The largest absolute Gasteiger partial charge is 0.348 e. The molecule has 0 bridgehead atoms. The second kappa shape index (κ2) is 6.79. The summed E-state index contributed by atoms with van der Waals surface area (Å²) in [6, 6.07) is 0. The molecule has 1 atom stereocenters. The molecular weight excluding hydrogens is 272 g/mol. The van der Waals surface area contributed by atoms with Crippen LogP contribution >= 0.6 is 7.67 Å². The van der Waals surface area contributed by atoms with Crippen molar-refractivity contribution in [3.63, 3.8) is 0 Å². The molecule has 0 saturated carbocycles. The van der Waals surface area contributed by atoms with Crippen molar-refractivity contribution in [3.05, 3.63) is 0 Å². The molecule has 112 valence electrons. The van der Waals surface area contributed by atoms with Crippen LogP contribution in [0.1, 0.15) is 13.8 Å². The van der Waals surface area contributed by atoms with Crippen LogP contribution in [0.3, 0.4) is 0 Å². The van der Waals surface area contributed by atoms with E-state index in [1.165, 1.54) is 4.67 Å². The predicted molar refractivity (Wildman–Crippen MR) is 71.3 cm³/mol. The van der Waals surface area contributed by atoms with E-state index in [1.807, 2.05) is 13.8 Å². The van der Waals surface area contributed by atoms with E-state index in [9.17, 15) is 13.8 Å². The van der Waals surface area contributed by atoms with Gasteiger partial charge in [0, 0.05) is 32.1 Å². The molecular formula is C11H23FN3O3P. The normalized spacial score (nSPS) is 20.9. The summed E-state index contributed by atoms with van der Waals surface area (Å²) in [7, 11) is -0.0949. The van der Waals surface area contributed by atoms with Gasteiger partial charge in [0.25, 0.3) is 0 Å². The first-order valence-corrected chi connectivity index (χ1v) is 7.88. The topological polar surface area (TPSA) is 53.1 Å². The van der Waals surface area contributed by atoms with Crippen molar-refractivity contribution in [2.75, 3.05) is 47.1 Å². The van der Waals surface area contributed by atoms with Gasteiger partial charge in [0.2, 0.25) is 5.91 Å². The summed E-state index contributed by atoms with van der Waals surface area (Å²) in [5.41, 5.74) is 0. The molecule has 0 aliphatic carbocycles. The first-order chi connectivity index (χ1) is 8.82. The van der Waals surface area contributed by atoms with Crippen LogP contribution in [0.25, 0.3) is 0 Å². The van der Waals surface area contributed by atoms with E-state index >= 15 is 0 Å². The maximum Gasteiger partial charge on any atom is 0.348 e. The van der Waals surface area contributed by atoms with Crippen LogP contribution < -0.4 is 0 Å².